The Labute approximate surface area is 172 Å². The molecule has 0 saturated heterocycles. The number of hydroxylamine groups is 3. The van der Waals surface area contributed by atoms with Gasteiger partial charge in [-0.25, -0.2) is 4.84 Å². The predicted octanol–water partition coefficient (Wildman–Crippen LogP) is 6.57. The van der Waals surface area contributed by atoms with Gasteiger partial charge in [0, 0.05) is 0 Å². The third kappa shape index (κ3) is 19.0. The third-order valence-corrected chi connectivity index (χ3v) is 5.77. The molecule has 0 unspecified atom stereocenters. The second-order valence-corrected chi connectivity index (χ2v) is 9.76. The van der Waals surface area contributed by atoms with E-state index >= 15 is 0 Å². The summed E-state index contributed by atoms with van der Waals surface area (Å²) in [6, 6.07) is 0. The lowest BCUT2D eigenvalue weighted by molar-refractivity contribution is -1.08. The fourth-order valence-electron chi connectivity index (χ4n) is 3.72. The maximum Gasteiger partial charge on any atom is 0.108 e. The fourth-order valence-corrected chi connectivity index (χ4v) is 3.72. The molecular formula is C24H54N2O+2. The minimum Gasteiger partial charge on any atom is -0.328 e. The molecule has 3 heteroatoms. The van der Waals surface area contributed by atoms with E-state index in [2.05, 4.69) is 42.0 Å². The summed E-state index contributed by atoms with van der Waals surface area (Å²) in [7, 11) is 9.21. The minimum atomic E-state index is 0.726. The van der Waals surface area contributed by atoms with Crippen LogP contribution in [0.3, 0.4) is 0 Å². The van der Waals surface area contributed by atoms with Gasteiger partial charge in [0.25, 0.3) is 0 Å². The standard InChI is InChI=1S/C24H54N2O/c1-7-9-11-13-15-17-21-25(3,4)22-19-20-24-27-26(5,6)23-18-16-14-12-10-8-2/h7-24H2,1-6H3/q+2. The number of nitrogens with zero attached hydrogens (tertiary/aromatic N) is 2. The highest BCUT2D eigenvalue weighted by Gasteiger charge is 2.17. The van der Waals surface area contributed by atoms with Crippen molar-refractivity contribution in [2.75, 3.05) is 54.4 Å². The van der Waals surface area contributed by atoms with Crippen LogP contribution in [0.25, 0.3) is 0 Å². The van der Waals surface area contributed by atoms with Gasteiger partial charge in [-0.15, -0.1) is 0 Å². The van der Waals surface area contributed by atoms with E-state index in [4.69, 9.17) is 4.84 Å². The minimum absolute atomic E-state index is 0.726. The maximum absolute atomic E-state index is 6.14. The molecule has 0 amide bonds. The first-order valence-corrected chi connectivity index (χ1v) is 12.1. The highest BCUT2D eigenvalue weighted by Crippen LogP contribution is 2.11. The molecule has 0 heterocycles. The van der Waals surface area contributed by atoms with Crippen molar-refractivity contribution < 1.29 is 14.0 Å². The molecule has 0 aliphatic carbocycles. The molecule has 0 bridgehead atoms. The molecule has 0 rings (SSSR count). The summed E-state index contributed by atoms with van der Waals surface area (Å²) >= 11 is 0. The van der Waals surface area contributed by atoms with Crippen LogP contribution in [0.1, 0.15) is 104 Å². The highest BCUT2D eigenvalue weighted by atomic mass is 16.7. The summed E-state index contributed by atoms with van der Waals surface area (Å²) in [5.74, 6) is 0. The van der Waals surface area contributed by atoms with E-state index in [1.807, 2.05) is 0 Å². The number of rotatable bonds is 20. The fraction of sp³-hybridized carbons (Fsp3) is 1.00. The molecule has 0 aromatic heterocycles. The molecule has 0 aliphatic rings. The van der Waals surface area contributed by atoms with E-state index in [9.17, 15) is 0 Å². The first kappa shape index (κ1) is 26.9. The number of quaternary nitrogens is 2. The van der Waals surface area contributed by atoms with Crippen LogP contribution in [0, 0.1) is 0 Å². The van der Waals surface area contributed by atoms with Crippen LogP contribution in [0.15, 0.2) is 0 Å². The predicted molar refractivity (Wildman–Crippen MR) is 121 cm³/mol. The van der Waals surface area contributed by atoms with Crippen molar-refractivity contribution >= 4 is 0 Å². The second-order valence-electron chi connectivity index (χ2n) is 9.76. The van der Waals surface area contributed by atoms with E-state index in [1.54, 1.807) is 0 Å². The Morgan fingerprint density at radius 2 is 0.889 bits per heavy atom. The van der Waals surface area contributed by atoms with E-state index in [-0.39, 0.29) is 0 Å². The van der Waals surface area contributed by atoms with Crippen LogP contribution in [-0.4, -0.2) is 63.6 Å². The van der Waals surface area contributed by atoms with Gasteiger partial charge in [-0.3, -0.25) is 0 Å². The van der Waals surface area contributed by atoms with Gasteiger partial charge in [0.2, 0.25) is 0 Å². The zero-order valence-corrected chi connectivity index (χ0v) is 20.0. The molecule has 0 fully saturated rings. The first-order chi connectivity index (χ1) is 12.8. The van der Waals surface area contributed by atoms with E-state index in [1.165, 1.54) is 107 Å². The average Bonchev–Trinajstić information content (AvgIpc) is 2.60. The summed E-state index contributed by atoms with van der Waals surface area (Å²) in [6.07, 6.45) is 19.0. The lowest BCUT2D eigenvalue weighted by Gasteiger charge is -2.30. The quantitative estimate of drug-likeness (QED) is 0.131. The van der Waals surface area contributed by atoms with Crippen molar-refractivity contribution in [2.45, 2.75) is 104 Å². The van der Waals surface area contributed by atoms with Crippen LogP contribution < -0.4 is 0 Å². The Kier molecular flexibility index (Phi) is 16.7. The second kappa shape index (κ2) is 16.8. The van der Waals surface area contributed by atoms with Gasteiger partial charge in [-0.2, -0.15) is 4.65 Å². The molecule has 0 N–H and O–H groups in total. The SMILES string of the molecule is CCCCCCCC[N+](C)(C)CCCCO[N+](C)(C)CCCCCCCC. The van der Waals surface area contributed by atoms with Crippen molar-refractivity contribution in [1.82, 2.24) is 0 Å². The molecule has 0 spiro atoms. The van der Waals surface area contributed by atoms with Gasteiger partial charge < -0.3 is 4.48 Å². The van der Waals surface area contributed by atoms with E-state index < -0.39 is 0 Å². The van der Waals surface area contributed by atoms with Gasteiger partial charge in [0.15, 0.2) is 0 Å². The summed E-state index contributed by atoms with van der Waals surface area (Å²) in [5.41, 5.74) is 0. The topological polar surface area (TPSA) is 9.23 Å². The van der Waals surface area contributed by atoms with Gasteiger partial charge in [-0.1, -0.05) is 65.2 Å². The first-order valence-electron chi connectivity index (χ1n) is 12.1. The van der Waals surface area contributed by atoms with Crippen LogP contribution in [0.4, 0.5) is 0 Å². The molecule has 0 saturated carbocycles. The van der Waals surface area contributed by atoms with Crippen molar-refractivity contribution in [3.05, 3.63) is 0 Å². The Morgan fingerprint density at radius 3 is 1.41 bits per heavy atom. The molecule has 0 radical (unpaired) electrons. The third-order valence-electron chi connectivity index (χ3n) is 5.77. The molecule has 3 nitrogen and oxygen atoms in total. The van der Waals surface area contributed by atoms with Crippen molar-refractivity contribution in [3.63, 3.8) is 0 Å². The van der Waals surface area contributed by atoms with Gasteiger partial charge >= 0.3 is 0 Å². The zero-order valence-electron chi connectivity index (χ0n) is 20.0. The summed E-state index contributed by atoms with van der Waals surface area (Å²) in [5, 5.41) is 0. The van der Waals surface area contributed by atoms with Gasteiger partial charge in [0.05, 0.1) is 41.3 Å². The Hall–Kier alpha value is -0.120. The van der Waals surface area contributed by atoms with Gasteiger partial charge in [-0.05, 0) is 38.5 Å². The monoisotopic (exact) mass is 386 g/mol. The Balaban J connectivity index is 3.62. The number of hydrogen-bond acceptors (Lipinski definition) is 1. The average molecular weight is 387 g/mol. The lowest BCUT2D eigenvalue weighted by atomic mass is 10.1. The van der Waals surface area contributed by atoms with Crippen molar-refractivity contribution in [2.24, 2.45) is 0 Å². The number of hydrogen-bond donors (Lipinski definition) is 0. The summed E-state index contributed by atoms with van der Waals surface area (Å²) in [6.45, 7) is 9.22. The highest BCUT2D eigenvalue weighted by molar-refractivity contribution is 4.46. The molecule has 164 valence electrons. The summed E-state index contributed by atoms with van der Waals surface area (Å²) < 4.78 is 1.90. The number of unbranched alkanes of at least 4 members (excludes halogenated alkanes) is 11. The van der Waals surface area contributed by atoms with Crippen LogP contribution in [0.2, 0.25) is 0 Å². The van der Waals surface area contributed by atoms with Crippen molar-refractivity contribution in [3.8, 4) is 0 Å². The maximum atomic E-state index is 6.14. The van der Waals surface area contributed by atoms with E-state index in [0.717, 1.165) is 17.8 Å². The zero-order chi connectivity index (χ0) is 20.4. The molecule has 27 heavy (non-hydrogen) atoms. The molecule has 0 aromatic carbocycles. The molecule has 0 aromatic rings. The van der Waals surface area contributed by atoms with Crippen LogP contribution in [0.5, 0.6) is 0 Å². The van der Waals surface area contributed by atoms with Crippen LogP contribution in [-0.2, 0) is 4.84 Å². The lowest BCUT2D eigenvalue weighted by Crippen LogP contribution is -2.42. The Morgan fingerprint density at radius 1 is 0.481 bits per heavy atom. The van der Waals surface area contributed by atoms with E-state index in [0.29, 0.717) is 0 Å². The Bertz CT molecular complexity index is 286. The summed E-state index contributed by atoms with van der Waals surface area (Å²) in [4.78, 5) is 6.14. The molecular weight excluding hydrogens is 332 g/mol. The molecule has 0 aliphatic heterocycles. The molecule has 0 atom stereocenters. The van der Waals surface area contributed by atoms with Crippen molar-refractivity contribution in [1.29, 1.82) is 0 Å². The largest absolute Gasteiger partial charge is 0.328 e. The van der Waals surface area contributed by atoms with Crippen LogP contribution >= 0.6 is 0 Å². The smallest absolute Gasteiger partial charge is 0.108 e. The normalized spacial score (nSPS) is 12.7. The van der Waals surface area contributed by atoms with Gasteiger partial charge in [0.1, 0.15) is 13.2 Å².